The lowest BCUT2D eigenvalue weighted by Crippen LogP contribution is -2.40. The summed E-state index contributed by atoms with van der Waals surface area (Å²) in [5, 5.41) is 6.69. The third-order valence-corrected chi connectivity index (χ3v) is 8.00. The van der Waals surface area contributed by atoms with E-state index in [0.29, 0.717) is 29.2 Å². The minimum atomic E-state index is -4.03. The Hall–Kier alpha value is -4.90. The van der Waals surface area contributed by atoms with Gasteiger partial charge in [-0.2, -0.15) is 5.10 Å². The average molecular weight is 589 g/mol. The standard InChI is InChI=1S/C31H32N4O6S/c1-3-25-7-4-5-9-29(25)35(42(38,39)28-16-10-23(2)11-17-28)21-30(36)34-33-19-24-12-14-26(15-13-24)41-22-31(37)32-20-27-8-6-18-40-27/h4-19H,3,20-22H2,1-2H3,(H,32,37)(H,34,36)/b33-19-. The molecule has 11 heteroatoms. The lowest BCUT2D eigenvalue weighted by molar-refractivity contribution is -0.123. The Balaban J connectivity index is 1.36. The Morgan fingerprint density at radius 3 is 2.38 bits per heavy atom. The summed E-state index contributed by atoms with van der Waals surface area (Å²) in [5.74, 6) is 0.231. The molecule has 0 spiro atoms. The zero-order valence-electron chi connectivity index (χ0n) is 23.3. The van der Waals surface area contributed by atoms with Crippen LogP contribution in [-0.4, -0.2) is 39.6 Å². The number of carbonyl (C=O) groups excluding carboxylic acids is 2. The van der Waals surface area contributed by atoms with Gasteiger partial charge in [-0.1, -0.05) is 42.8 Å². The summed E-state index contributed by atoms with van der Waals surface area (Å²) in [5.41, 5.74) is 5.22. The van der Waals surface area contributed by atoms with Gasteiger partial charge in [0, 0.05) is 0 Å². The van der Waals surface area contributed by atoms with Crippen LogP contribution in [0.2, 0.25) is 0 Å². The maximum Gasteiger partial charge on any atom is 0.264 e. The summed E-state index contributed by atoms with van der Waals surface area (Å²) in [7, 11) is -4.03. The Morgan fingerprint density at radius 1 is 0.952 bits per heavy atom. The van der Waals surface area contributed by atoms with Gasteiger partial charge in [-0.05, 0) is 79.1 Å². The maximum atomic E-state index is 13.6. The molecule has 0 bridgehead atoms. The van der Waals surface area contributed by atoms with Gasteiger partial charge in [-0.3, -0.25) is 13.9 Å². The number of carbonyl (C=O) groups is 2. The van der Waals surface area contributed by atoms with Gasteiger partial charge in [-0.15, -0.1) is 0 Å². The van der Waals surface area contributed by atoms with E-state index in [0.717, 1.165) is 15.4 Å². The summed E-state index contributed by atoms with van der Waals surface area (Å²) in [6.07, 6.45) is 3.55. The topological polar surface area (TPSA) is 130 Å². The molecule has 0 aliphatic carbocycles. The minimum Gasteiger partial charge on any atom is -0.484 e. The predicted molar refractivity (Wildman–Crippen MR) is 160 cm³/mol. The largest absolute Gasteiger partial charge is 0.484 e. The highest BCUT2D eigenvalue weighted by molar-refractivity contribution is 7.92. The highest BCUT2D eigenvalue weighted by atomic mass is 32.2. The summed E-state index contributed by atoms with van der Waals surface area (Å²) in [6.45, 7) is 3.45. The first-order valence-corrected chi connectivity index (χ1v) is 14.7. The van der Waals surface area contributed by atoms with E-state index in [1.807, 2.05) is 26.0 Å². The molecule has 0 saturated carbocycles. The van der Waals surface area contributed by atoms with Crippen LogP contribution < -0.4 is 19.8 Å². The van der Waals surface area contributed by atoms with Crippen molar-refractivity contribution in [1.82, 2.24) is 10.7 Å². The lowest BCUT2D eigenvalue weighted by Gasteiger charge is -2.25. The van der Waals surface area contributed by atoms with E-state index in [1.54, 1.807) is 60.7 Å². The van der Waals surface area contributed by atoms with E-state index in [1.165, 1.54) is 24.6 Å². The van der Waals surface area contributed by atoms with Crippen LogP contribution in [0, 0.1) is 6.92 Å². The highest BCUT2D eigenvalue weighted by Gasteiger charge is 2.28. The third-order valence-electron chi connectivity index (χ3n) is 6.23. The first-order valence-electron chi connectivity index (χ1n) is 13.3. The van der Waals surface area contributed by atoms with Crippen molar-refractivity contribution in [3.63, 3.8) is 0 Å². The molecule has 4 rings (SSSR count). The summed E-state index contributed by atoms with van der Waals surface area (Å²) in [4.78, 5) is 24.9. The van der Waals surface area contributed by atoms with Crippen LogP contribution in [0.1, 0.15) is 29.4 Å². The predicted octanol–water partition coefficient (Wildman–Crippen LogP) is 4.19. The van der Waals surface area contributed by atoms with Gasteiger partial charge >= 0.3 is 0 Å². The third kappa shape index (κ3) is 8.07. The number of ether oxygens (including phenoxy) is 1. The van der Waals surface area contributed by atoms with Crippen LogP contribution in [0.15, 0.2) is 106 Å². The number of hydrogen-bond donors (Lipinski definition) is 2. The first kappa shape index (κ1) is 30.1. The Bertz CT molecular complexity index is 1620. The number of aryl methyl sites for hydroxylation is 2. The van der Waals surface area contributed by atoms with E-state index < -0.39 is 22.5 Å². The molecule has 0 saturated heterocycles. The van der Waals surface area contributed by atoms with Crippen molar-refractivity contribution >= 4 is 33.7 Å². The van der Waals surface area contributed by atoms with Crippen molar-refractivity contribution in [3.05, 3.63) is 114 Å². The number of hydrogen-bond acceptors (Lipinski definition) is 7. The second-order valence-corrected chi connectivity index (χ2v) is 11.2. The monoisotopic (exact) mass is 588 g/mol. The number of furan rings is 1. The molecule has 3 aromatic carbocycles. The van der Waals surface area contributed by atoms with Gasteiger partial charge in [0.15, 0.2) is 6.61 Å². The fraction of sp³-hybridized carbons (Fsp3) is 0.194. The van der Waals surface area contributed by atoms with Crippen LogP contribution in [0.25, 0.3) is 0 Å². The fourth-order valence-corrected chi connectivity index (χ4v) is 5.44. The van der Waals surface area contributed by atoms with Crippen molar-refractivity contribution in [2.24, 2.45) is 5.10 Å². The summed E-state index contributed by atoms with van der Waals surface area (Å²) >= 11 is 0. The molecule has 2 amide bonds. The van der Waals surface area contributed by atoms with E-state index in [2.05, 4.69) is 15.8 Å². The molecular weight excluding hydrogens is 556 g/mol. The quantitative estimate of drug-likeness (QED) is 0.178. The molecule has 0 fully saturated rings. The number of nitrogens with zero attached hydrogens (tertiary/aromatic N) is 2. The molecule has 1 aromatic heterocycles. The smallest absolute Gasteiger partial charge is 0.264 e. The second kappa shape index (κ2) is 14.1. The molecule has 0 atom stereocenters. The molecule has 10 nitrogen and oxygen atoms in total. The number of amides is 2. The van der Waals surface area contributed by atoms with Crippen molar-refractivity contribution in [2.45, 2.75) is 31.7 Å². The number of nitrogens with one attached hydrogen (secondary N) is 2. The van der Waals surface area contributed by atoms with Crippen LogP contribution in [0.3, 0.4) is 0 Å². The van der Waals surface area contributed by atoms with Crippen LogP contribution in [0.4, 0.5) is 5.69 Å². The average Bonchev–Trinajstić information content (AvgIpc) is 3.52. The maximum absolute atomic E-state index is 13.6. The first-order chi connectivity index (χ1) is 20.3. The SMILES string of the molecule is CCc1ccccc1N(CC(=O)N/N=C\c1ccc(OCC(=O)NCc2ccco2)cc1)S(=O)(=O)c1ccc(C)cc1. The zero-order valence-corrected chi connectivity index (χ0v) is 24.1. The molecule has 0 aliphatic rings. The minimum absolute atomic E-state index is 0.0904. The molecule has 4 aromatic rings. The normalized spacial score (nSPS) is 11.3. The van der Waals surface area contributed by atoms with Gasteiger partial charge in [-0.25, -0.2) is 13.8 Å². The van der Waals surface area contributed by atoms with E-state index in [9.17, 15) is 18.0 Å². The van der Waals surface area contributed by atoms with Gasteiger partial charge in [0.1, 0.15) is 18.1 Å². The highest BCUT2D eigenvalue weighted by Crippen LogP contribution is 2.27. The van der Waals surface area contributed by atoms with Crippen LogP contribution in [0.5, 0.6) is 5.75 Å². The zero-order chi connectivity index (χ0) is 30.0. The summed E-state index contributed by atoms with van der Waals surface area (Å²) < 4.78 is 39.0. The van der Waals surface area contributed by atoms with Crippen LogP contribution in [-0.2, 0) is 32.6 Å². The molecule has 218 valence electrons. The molecular formula is C31H32N4O6S. The van der Waals surface area contributed by atoms with Gasteiger partial charge in [0.2, 0.25) is 0 Å². The number of hydrazone groups is 1. The van der Waals surface area contributed by atoms with E-state index in [-0.39, 0.29) is 24.0 Å². The van der Waals surface area contributed by atoms with Crippen molar-refractivity contribution in [1.29, 1.82) is 0 Å². The molecule has 1 heterocycles. The molecule has 0 unspecified atom stereocenters. The fourth-order valence-electron chi connectivity index (χ4n) is 3.98. The van der Waals surface area contributed by atoms with Crippen LogP contribution >= 0.6 is 0 Å². The number of para-hydroxylation sites is 1. The van der Waals surface area contributed by atoms with Gasteiger partial charge < -0.3 is 14.5 Å². The molecule has 2 N–H and O–H groups in total. The number of benzene rings is 3. The molecule has 0 radical (unpaired) electrons. The van der Waals surface area contributed by atoms with Crippen molar-refractivity contribution in [2.75, 3.05) is 17.5 Å². The van der Waals surface area contributed by atoms with E-state index in [4.69, 9.17) is 9.15 Å². The summed E-state index contributed by atoms with van der Waals surface area (Å²) in [6, 6.07) is 23.8. The Morgan fingerprint density at radius 2 is 1.69 bits per heavy atom. The van der Waals surface area contributed by atoms with Crippen molar-refractivity contribution in [3.8, 4) is 5.75 Å². The molecule has 42 heavy (non-hydrogen) atoms. The number of sulfonamides is 1. The lowest BCUT2D eigenvalue weighted by atomic mass is 10.1. The molecule has 0 aliphatic heterocycles. The Labute approximate surface area is 245 Å². The van der Waals surface area contributed by atoms with Crippen molar-refractivity contribution < 1.29 is 27.2 Å². The van der Waals surface area contributed by atoms with Gasteiger partial charge in [0.25, 0.3) is 21.8 Å². The second-order valence-electron chi connectivity index (χ2n) is 9.31. The van der Waals surface area contributed by atoms with Gasteiger partial charge in [0.05, 0.1) is 29.6 Å². The van der Waals surface area contributed by atoms with E-state index >= 15 is 0 Å². The number of rotatable bonds is 13. The Kier molecular flexibility index (Phi) is 10.1. The number of anilines is 1.